The topological polar surface area (TPSA) is 137 Å². The molecule has 4 N–H and O–H groups in total. The van der Waals surface area contributed by atoms with Gasteiger partial charge in [-0.1, -0.05) is 47.6 Å². The Morgan fingerprint density at radius 1 is 1.16 bits per heavy atom. The highest BCUT2D eigenvalue weighted by Gasteiger charge is 2.14. The summed E-state index contributed by atoms with van der Waals surface area (Å²) in [4.78, 5) is 4.40. The second-order valence-corrected chi connectivity index (χ2v) is 4.93. The highest BCUT2D eigenvalue weighted by Crippen LogP contribution is 2.28. The minimum Gasteiger partial charge on any atom is -0.382 e. The number of benzene rings is 2. The van der Waals surface area contributed by atoms with Gasteiger partial charge < -0.3 is 10.3 Å². The maximum Gasteiger partial charge on any atom is 0.260 e. The Bertz CT molecular complexity index is 970. The SMILES string of the molecule is N#C/C(=N\Nc1ccccc1-c1nc(-c2ccccc2)no1)C(=N)N. The lowest BCUT2D eigenvalue weighted by atomic mass is 10.2. The van der Waals surface area contributed by atoms with Gasteiger partial charge in [0.2, 0.25) is 11.5 Å². The average Bonchev–Trinajstić information content (AvgIpc) is 3.13. The van der Waals surface area contributed by atoms with E-state index in [4.69, 9.17) is 20.9 Å². The number of aromatic nitrogens is 2. The predicted octanol–water partition coefficient (Wildman–Crippen LogP) is 2.63. The van der Waals surface area contributed by atoms with Crippen molar-refractivity contribution in [2.45, 2.75) is 0 Å². The van der Waals surface area contributed by atoms with Crippen LogP contribution >= 0.6 is 0 Å². The van der Waals surface area contributed by atoms with Gasteiger partial charge in [0.15, 0.2) is 5.84 Å². The molecule has 3 rings (SSSR count). The Kier molecular flexibility index (Phi) is 4.49. The van der Waals surface area contributed by atoms with E-state index in [1.165, 1.54) is 0 Å². The van der Waals surface area contributed by atoms with Crippen LogP contribution in [0.5, 0.6) is 0 Å². The van der Waals surface area contributed by atoms with Crippen molar-refractivity contribution in [1.29, 1.82) is 10.7 Å². The molecule has 0 unspecified atom stereocenters. The van der Waals surface area contributed by atoms with Gasteiger partial charge >= 0.3 is 0 Å². The first-order valence-electron chi connectivity index (χ1n) is 7.26. The fourth-order valence-electron chi connectivity index (χ4n) is 2.07. The largest absolute Gasteiger partial charge is 0.382 e. The summed E-state index contributed by atoms with van der Waals surface area (Å²) < 4.78 is 5.34. The zero-order chi connectivity index (χ0) is 17.6. The monoisotopic (exact) mass is 331 g/mol. The number of rotatable bonds is 5. The van der Waals surface area contributed by atoms with E-state index in [1.807, 2.05) is 36.4 Å². The molecule has 0 fully saturated rings. The van der Waals surface area contributed by atoms with Crippen LogP contribution in [0.1, 0.15) is 0 Å². The first kappa shape index (κ1) is 15.9. The van der Waals surface area contributed by atoms with Gasteiger partial charge in [-0.3, -0.25) is 10.8 Å². The van der Waals surface area contributed by atoms with Gasteiger partial charge in [0.1, 0.15) is 6.07 Å². The fourth-order valence-corrected chi connectivity index (χ4v) is 2.07. The highest BCUT2D eigenvalue weighted by atomic mass is 16.5. The number of para-hydroxylation sites is 1. The summed E-state index contributed by atoms with van der Waals surface area (Å²) in [5.74, 6) is 0.352. The van der Waals surface area contributed by atoms with E-state index in [-0.39, 0.29) is 5.71 Å². The molecule has 0 saturated carbocycles. The summed E-state index contributed by atoms with van der Waals surface area (Å²) in [6.45, 7) is 0. The van der Waals surface area contributed by atoms with E-state index in [9.17, 15) is 0 Å². The molecule has 0 saturated heterocycles. The Hall–Kier alpha value is -3.99. The Balaban J connectivity index is 1.93. The maximum absolute atomic E-state index is 8.91. The summed E-state index contributed by atoms with van der Waals surface area (Å²) >= 11 is 0. The molecule has 0 bridgehead atoms. The first-order valence-corrected chi connectivity index (χ1v) is 7.26. The van der Waals surface area contributed by atoms with Crippen LogP contribution in [0.2, 0.25) is 0 Å². The molecule has 0 aliphatic heterocycles. The second-order valence-electron chi connectivity index (χ2n) is 4.93. The quantitative estimate of drug-likeness (QED) is 0.373. The predicted molar refractivity (Wildman–Crippen MR) is 93.8 cm³/mol. The van der Waals surface area contributed by atoms with Crippen LogP contribution in [0.15, 0.2) is 64.2 Å². The Morgan fingerprint density at radius 3 is 2.60 bits per heavy atom. The van der Waals surface area contributed by atoms with Crippen molar-refractivity contribution in [3.05, 3.63) is 54.6 Å². The molecule has 8 nitrogen and oxygen atoms in total. The third-order valence-corrected chi connectivity index (χ3v) is 3.26. The van der Waals surface area contributed by atoms with Crippen molar-refractivity contribution < 1.29 is 4.52 Å². The van der Waals surface area contributed by atoms with Crippen molar-refractivity contribution >= 4 is 17.2 Å². The maximum atomic E-state index is 8.91. The lowest BCUT2D eigenvalue weighted by Gasteiger charge is -2.05. The third-order valence-electron chi connectivity index (χ3n) is 3.26. The number of hydrogen-bond acceptors (Lipinski definition) is 7. The lowest BCUT2D eigenvalue weighted by Crippen LogP contribution is -2.21. The van der Waals surface area contributed by atoms with E-state index in [2.05, 4.69) is 20.7 Å². The number of anilines is 1. The fraction of sp³-hybridized carbons (Fsp3) is 0. The van der Waals surface area contributed by atoms with Crippen molar-refractivity contribution in [3.8, 4) is 28.9 Å². The summed E-state index contributed by atoms with van der Waals surface area (Å²) in [7, 11) is 0. The smallest absolute Gasteiger partial charge is 0.260 e. The molecule has 8 heteroatoms. The molecule has 1 heterocycles. The van der Waals surface area contributed by atoms with E-state index in [0.717, 1.165) is 5.56 Å². The average molecular weight is 331 g/mol. The molecular formula is C17H13N7O. The van der Waals surface area contributed by atoms with Crippen molar-refractivity contribution in [2.75, 3.05) is 5.43 Å². The standard InChI is InChI=1S/C17H13N7O/c18-10-14(15(19)20)23-22-13-9-5-4-8-12(13)17-21-16(24-25-17)11-6-2-1-3-7-11/h1-9,22H,(H3,19,20)/b23-14+. The Labute approximate surface area is 143 Å². The summed E-state index contributed by atoms with van der Waals surface area (Å²) in [5.41, 5.74) is 9.76. The van der Waals surface area contributed by atoms with E-state index in [0.29, 0.717) is 23.0 Å². The molecule has 25 heavy (non-hydrogen) atoms. The number of nitrogens with two attached hydrogens (primary N) is 1. The number of nitriles is 1. The van der Waals surface area contributed by atoms with Crippen LogP contribution in [0, 0.1) is 16.7 Å². The zero-order valence-corrected chi connectivity index (χ0v) is 13.0. The molecular weight excluding hydrogens is 318 g/mol. The van der Waals surface area contributed by atoms with Gasteiger partial charge in [-0.25, -0.2) is 0 Å². The van der Waals surface area contributed by atoms with Crippen LogP contribution in [0.3, 0.4) is 0 Å². The van der Waals surface area contributed by atoms with Crippen molar-refractivity contribution in [2.24, 2.45) is 10.8 Å². The summed E-state index contributed by atoms with van der Waals surface area (Å²) in [6, 6.07) is 18.3. The minimum absolute atomic E-state index is 0.217. The van der Waals surface area contributed by atoms with Gasteiger partial charge in [-0.15, -0.1) is 0 Å². The van der Waals surface area contributed by atoms with E-state index in [1.54, 1.807) is 24.3 Å². The van der Waals surface area contributed by atoms with Gasteiger partial charge in [0.05, 0.1) is 11.3 Å². The highest BCUT2D eigenvalue weighted by molar-refractivity contribution is 6.45. The number of nitrogens with one attached hydrogen (secondary N) is 2. The number of amidine groups is 1. The third kappa shape index (κ3) is 3.51. The molecule has 1 aromatic heterocycles. The van der Waals surface area contributed by atoms with Gasteiger partial charge in [-0.2, -0.15) is 15.3 Å². The normalized spacial score (nSPS) is 10.9. The van der Waals surface area contributed by atoms with Crippen LogP contribution in [-0.2, 0) is 0 Å². The summed E-state index contributed by atoms with van der Waals surface area (Å²) in [6.07, 6.45) is 0. The first-order chi connectivity index (χ1) is 12.2. The van der Waals surface area contributed by atoms with Gasteiger partial charge in [-0.05, 0) is 12.1 Å². The molecule has 0 aliphatic carbocycles. The van der Waals surface area contributed by atoms with Gasteiger partial charge in [0, 0.05) is 5.56 Å². The Morgan fingerprint density at radius 2 is 1.88 bits per heavy atom. The molecule has 0 spiro atoms. The molecule has 3 aromatic rings. The molecule has 122 valence electrons. The number of nitrogens with zero attached hydrogens (tertiary/aromatic N) is 4. The number of hydrogen-bond donors (Lipinski definition) is 3. The van der Waals surface area contributed by atoms with Crippen LogP contribution in [0.25, 0.3) is 22.8 Å². The molecule has 0 amide bonds. The molecule has 0 atom stereocenters. The lowest BCUT2D eigenvalue weighted by molar-refractivity contribution is 0.432. The van der Waals surface area contributed by atoms with Crippen molar-refractivity contribution in [1.82, 2.24) is 10.1 Å². The van der Waals surface area contributed by atoms with Crippen LogP contribution in [-0.4, -0.2) is 21.7 Å². The van der Waals surface area contributed by atoms with E-state index < -0.39 is 5.84 Å². The molecule has 0 aliphatic rings. The van der Waals surface area contributed by atoms with Crippen LogP contribution in [0.4, 0.5) is 5.69 Å². The van der Waals surface area contributed by atoms with Gasteiger partial charge in [0.25, 0.3) is 5.89 Å². The second kappa shape index (κ2) is 7.06. The zero-order valence-electron chi connectivity index (χ0n) is 13.0. The van der Waals surface area contributed by atoms with Crippen LogP contribution < -0.4 is 11.2 Å². The summed E-state index contributed by atoms with van der Waals surface area (Å²) in [5, 5.41) is 24.0. The molecule has 0 radical (unpaired) electrons. The molecule has 2 aromatic carbocycles. The minimum atomic E-state index is -0.420. The van der Waals surface area contributed by atoms with Crippen molar-refractivity contribution in [3.63, 3.8) is 0 Å². The van der Waals surface area contributed by atoms with E-state index >= 15 is 0 Å². The number of hydrazone groups is 1.